The first-order valence-electron chi connectivity index (χ1n) is 8.40. The Morgan fingerprint density at radius 1 is 1.25 bits per heavy atom. The number of nitrogens with one attached hydrogen (secondary N) is 1. The zero-order chi connectivity index (χ0) is 16.7. The van der Waals surface area contributed by atoms with Crippen LogP contribution in [0.5, 0.6) is 0 Å². The van der Waals surface area contributed by atoms with E-state index in [1.807, 2.05) is 13.0 Å². The van der Waals surface area contributed by atoms with Gasteiger partial charge in [-0.1, -0.05) is 6.92 Å². The van der Waals surface area contributed by atoms with E-state index in [0.29, 0.717) is 30.0 Å². The molecule has 2 aliphatic heterocycles. The van der Waals surface area contributed by atoms with Crippen LogP contribution in [0.25, 0.3) is 5.65 Å². The van der Waals surface area contributed by atoms with Gasteiger partial charge < -0.3 is 14.6 Å². The lowest BCUT2D eigenvalue weighted by atomic mass is 10.2. The molecule has 0 saturated carbocycles. The number of fused-ring (bicyclic) bond motifs is 2. The summed E-state index contributed by atoms with van der Waals surface area (Å²) in [5.41, 5.74) is 2.15. The maximum absolute atomic E-state index is 12.6. The van der Waals surface area contributed by atoms with E-state index in [1.54, 1.807) is 4.90 Å². The third-order valence-corrected chi connectivity index (χ3v) is 4.77. The van der Waals surface area contributed by atoms with Gasteiger partial charge in [0.15, 0.2) is 0 Å². The molecule has 1 fully saturated rings. The Morgan fingerprint density at radius 3 is 2.79 bits per heavy atom. The van der Waals surface area contributed by atoms with Crippen LogP contribution in [0.4, 0.5) is 0 Å². The van der Waals surface area contributed by atoms with Crippen molar-refractivity contribution in [2.75, 3.05) is 39.4 Å². The first-order chi connectivity index (χ1) is 11.7. The Morgan fingerprint density at radius 2 is 2.04 bits per heavy atom. The van der Waals surface area contributed by atoms with Gasteiger partial charge in [0.1, 0.15) is 11.3 Å². The zero-order valence-electron chi connectivity index (χ0n) is 13.7. The number of carbonyl (C=O) groups is 1. The summed E-state index contributed by atoms with van der Waals surface area (Å²) >= 11 is 0. The molecule has 8 nitrogen and oxygen atoms in total. The summed E-state index contributed by atoms with van der Waals surface area (Å²) in [6, 6.07) is 1.82. The Bertz CT molecular complexity index is 834. The summed E-state index contributed by atoms with van der Waals surface area (Å²) in [4.78, 5) is 32.4. The minimum atomic E-state index is -0.194. The second-order valence-electron chi connectivity index (χ2n) is 6.25. The molecule has 0 radical (unpaired) electrons. The van der Waals surface area contributed by atoms with Gasteiger partial charge in [0.25, 0.3) is 11.5 Å². The van der Waals surface area contributed by atoms with Crippen LogP contribution in [-0.4, -0.2) is 69.7 Å². The van der Waals surface area contributed by atoms with Crippen molar-refractivity contribution in [1.82, 2.24) is 24.4 Å². The average molecular weight is 331 g/mol. The Kier molecular flexibility index (Phi) is 3.85. The van der Waals surface area contributed by atoms with Crippen LogP contribution in [0.1, 0.15) is 28.7 Å². The number of aromatic nitrogens is 3. The molecule has 2 aromatic rings. The van der Waals surface area contributed by atoms with Crippen LogP contribution in [0.2, 0.25) is 0 Å². The highest BCUT2D eigenvalue weighted by Crippen LogP contribution is 2.19. The molecule has 0 aromatic carbocycles. The molecule has 2 aromatic heterocycles. The van der Waals surface area contributed by atoms with Crippen LogP contribution < -0.4 is 5.56 Å². The summed E-state index contributed by atoms with van der Waals surface area (Å²) < 4.78 is 6.71. The minimum absolute atomic E-state index is 0.0999. The Labute approximate surface area is 139 Å². The number of hydrogen-bond donors (Lipinski definition) is 1. The number of amides is 1. The topological polar surface area (TPSA) is 82.9 Å². The smallest absolute Gasteiger partial charge is 0.280 e. The molecule has 0 bridgehead atoms. The van der Waals surface area contributed by atoms with Crippen molar-refractivity contribution in [1.29, 1.82) is 0 Å². The predicted molar refractivity (Wildman–Crippen MR) is 87.2 cm³/mol. The number of ether oxygens (including phenoxy) is 1. The number of nitrogens with zero attached hydrogens (tertiary/aromatic N) is 4. The normalized spacial score (nSPS) is 18.5. The van der Waals surface area contributed by atoms with E-state index >= 15 is 0 Å². The first kappa shape index (κ1) is 15.3. The maximum Gasteiger partial charge on any atom is 0.280 e. The predicted octanol–water partition coefficient (Wildman–Crippen LogP) is -0.127. The number of hydrogen-bond acceptors (Lipinski definition) is 5. The van der Waals surface area contributed by atoms with Crippen molar-refractivity contribution >= 4 is 11.6 Å². The number of rotatable bonds is 4. The summed E-state index contributed by atoms with van der Waals surface area (Å²) in [5.74, 6) is -0.0999. The lowest BCUT2D eigenvalue weighted by molar-refractivity contribution is 0.0327. The van der Waals surface area contributed by atoms with Crippen molar-refractivity contribution < 1.29 is 9.53 Å². The van der Waals surface area contributed by atoms with Gasteiger partial charge in [-0.3, -0.25) is 14.5 Å². The molecule has 128 valence electrons. The van der Waals surface area contributed by atoms with E-state index in [0.717, 1.165) is 45.0 Å². The second kappa shape index (κ2) is 6.03. The lowest BCUT2D eigenvalue weighted by Gasteiger charge is -2.28. The van der Waals surface area contributed by atoms with E-state index in [4.69, 9.17) is 4.74 Å². The fraction of sp³-hybridized carbons (Fsp3) is 0.562. The van der Waals surface area contributed by atoms with Crippen LogP contribution in [0.3, 0.4) is 0 Å². The summed E-state index contributed by atoms with van der Waals surface area (Å²) in [7, 11) is 0. The van der Waals surface area contributed by atoms with Crippen LogP contribution >= 0.6 is 0 Å². The van der Waals surface area contributed by atoms with Gasteiger partial charge in [-0.15, -0.1) is 0 Å². The second-order valence-corrected chi connectivity index (χ2v) is 6.25. The number of carbonyl (C=O) groups excluding carboxylic acids is 1. The third-order valence-electron chi connectivity index (χ3n) is 4.77. The standard InChI is InChI=1S/C16H21N5O3/c1-2-11-9-13-17-14-12(15(22)21(13)18-11)10-20(16(14)23)4-3-19-5-7-24-8-6-19/h9,17H,2-8,10H2,1H3. The van der Waals surface area contributed by atoms with E-state index in [-0.39, 0.29) is 11.5 Å². The molecule has 0 unspecified atom stereocenters. The van der Waals surface area contributed by atoms with Crippen molar-refractivity contribution in [3.63, 3.8) is 0 Å². The summed E-state index contributed by atoms with van der Waals surface area (Å²) in [6.07, 6.45) is 0.749. The molecule has 0 atom stereocenters. The quantitative estimate of drug-likeness (QED) is 0.844. The number of aromatic amines is 1. The Balaban J connectivity index is 1.55. The Hall–Kier alpha value is -2.19. The molecule has 4 heterocycles. The van der Waals surface area contributed by atoms with E-state index in [2.05, 4.69) is 15.0 Å². The van der Waals surface area contributed by atoms with Gasteiger partial charge in [0.2, 0.25) is 0 Å². The monoisotopic (exact) mass is 331 g/mol. The van der Waals surface area contributed by atoms with Gasteiger partial charge in [0, 0.05) is 32.2 Å². The van der Waals surface area contributed by atoms with Crippen molar-refractivity contribution in [3.05, 3.63) is 33.4 Å². The van der Waals surface area contributed by atoms with Crippen molar-refractivity contribution in [2.24, 2.45) is 0 Å². The van der Waals surface area contributed by atoms with Gasteiger partial charge in [-0.2, -0.15) is 9.61 Å². The average Bonchev–Trinajstić information content (AvgIpc) is 3.17. The number of H-pyrrole nitrogens is 1. The number of morpholine rings is 1. The van der Waals surface area contributed by atoms with E-state index < -0.39 is 0 Å². The molecule has 0 spiro atoms. The van der Waals surface area contributed by atoms with Gasteiger partial charge in [0.05, 0.1) is 31.0 Å². The lowest BCUT2D eigenvalue weighted by Crippen LogP contribution is -2.41. The number of aryl methyl sites for hydroxylation is 1. The molecule has 1 N–H and O–H groups in total. The summed E-state index contributed by atoms with van der Waals surface area (Å²) in [6.45, 7) is 7.01. The fourth-order valence-corrected chi connectivity index (χ4v) is 3.30. The fourth-order valence-electron chi connectivity index (χ4n) is 3.30. The highest BCUT2D eigenvalue weighted by molar-refractivity contribution is 5.96. The van der Waals surface area contributed by atoms with Crippen molar-refractivity contribution in [2.45, 2.75) is 19.9 Å². The maximum atomic E-state index is 12.6. The molecular weight excluding hydrogens is 310 g/mol. The highest BCUT2D eigenvalue weighted by atomic mass is 16.5. The molecular formula is C16H21N5O3. The molecule has 24 heavy (non-hydrogen) atoms. The van der Waals surface area contributed by atoms with Crippen LogP contribution in [-0.2, 0) is 17.7 Å². The molecule has 2 aliphatic rings. The molecule has 4 rings (SSSR count). The molecule has 1 amide bonds. The van der Waals surface area contributed by atoms with Crippen molar-refractivity contribution in [3.8, 4) is 0 Å². The molecule has 1 saturated heterocycles. The van der Waals surface area contributed by atoms with Gasteiger partial charge in [-0.25, -0.2) is 0 Å². The minimum Gasteiger partial charge on any atom is -0.379 e. The third kappa shape index (κ3) is 2.51. The van der Waals surface area contributed by atoms with Crippen LogP contribution in [0, 0.1) is 0 Å². The highest BCUT2D eigenvalue weighted by Gasteiger charge is 2.32. The largest absolute Gasteiger partial charge is 0.379 e. The van der Waals surface area contributed by atoms with E-state index in [9.17, 15) is 9.59 Å². The van der Waals surface area contributed by atoms with Gasteiger partial charge in [-0.05, 0) is 6.42 Å². The zero-order valence-corrected chi connectivity index (χ0v) is 13.7. The summed E-state index contributed by atoms with van der Waals surface area (Å²) in [5, 5.41) is 4.30. The molecule has 0 aliphatic carbocycles. The molecule has 8 heteroatoms. The van der Waals surface area contributed by atoms with Crippen LogP contribution in [0.15, 0.2) is 10.9 Å². The SMILES string of the molecule is CCc1cc2[nH]c3c(c(=O)n2n1)CN(CCN1CCOCC1)C3=O. The first-order valence-corrected chi connectivity index (χ1v) is 8.40. The van der Waals surface area contributed by atoms with Gasteiger partial charge >= 0.3 is 0 Å². The van der Waals surface area contributed by atoms with E-state index in [1.165, 1.54) is 4.52 Å².